The van der Waals surface area contributed by atoms with E-state index in [1.807, 2.05) is 6.92 Å². The van der Waals surface area contributed by atoms with E-state index in [0.29, 0.717) is 18.8 Å². The molecule has 16 heavy (non-hydrogen) atoms. The Labute approximate surface area is 95.3 Å². The summed E-state index contributed by atoms with van der Waals surface area (Å²) in [6.45, 7) is 3.85. The van der Waals surface area contributed by atoms with Crippen LogP contribution in [0, 0.1) is 11.8 Å². The predicted molar refractivity (Wildman–Crippen MR) is 57.8 cm³/mol. The molecule has 90 valence electrons. The largest absolute Gasteiger partial charge is 0.460 e. The van der Waals surface area contributed by atoms with Crippen LogP contribution in [-0.4, -0.2) is 24.1 Å². The van der Waals surface area contributed by atoms with Crippen LogP contribution in [0.1, 0.15) is 39.5 Å². The minimum atomic E-state index is -0.863. The number of esters is 1. The first-order valence-electron chi connectivity index (χ1n) is 5.83. The van der Waals surface area contributed by atoms with Gasteiger partial charge in [0.1, 0.15) is 5.78 Å². The molecule has 0 radical (unpaired) electrons. The Morgan fingerprint density at radius 3 is 2.62 bits per heavy atom. The van der Waals surface area contributed by atoms with Gasteiger partial charge in [0.15, 0.2) is 0 Å². The van der Waals surface area contributed by atoms with Crippen LogP contribution in [0.15, 0.2) is 0 Å². The SMILES string of the molecule is CCOC(=O)C(=O)[C@H]1C[C@H](CC)CCC1=O. The molecule has 4 nitrogen and oxygen atoms in total. The van der Waals surface area contributed by atoms with E-state index in [1.54, 1.807) is 6.92 Å². The van der Waals surface area contributed by atoms with E-state index in [4.69, 9.17) is 0 Å². The quantitative estimate of drug-likeness (QED) is 0.414. The first-order chi connectivity index (χ1) is 7.60. The number of carbonyl (C=O) groups excluding carboxylic acids is 3. The zero-order valence-corrected chi connectivity index (χ0v) is 9.82. The third-order valence-corrected chi connectivity index (χ3v) is 3.13. The second-order valence-corrected chi connectivity index (χ2v) is 4.15. The van der Waals surface area contributed by atoms with Crippen LogP contribution in [0.4, 0.5) is 0 Å². The lowest BCUT2D eigenvalue weighted by atomic mass is 9.77. The zero-order chi connectivity index (χ0) is 12.1. The van der Waals surface area contributed by atoms with Gasteiger partial charge in [-0.15, -0.1) is 0 Å². The zero-order valence-electron chi connectivity index (χ0n) is 9.82. The minimum absolute atomic E-state index is 0.109. The molecule has 0 aromatic heterocycles. The van der Waals surface area contributed by atoms with E-state index in [-0.39, 0.29) is 12.4 Å². The summed E-state index contributed by atoms with van der Waals surface area (Å²) in [6, 6.07) is 0. The summed E-state index contributed by atoms with van der Waals surface area (Å²) in [5.74, 6) is -2.01. The third kappa shape index (κ3) is 2.90. The van der Waals surface area contributed by atoms with Gasteiger partial charge in [0, 0.05) is 6.42 Å². The van der Waals surface area contributed by atoms with Crippen molar-refractivity contribution in [3.8, 4) is 0 Å². The second kappa shape index (κ2) is 5.77. The Morgan fingerprint density at radius 1 is 1.38 bits per heavy atom. The van der Waals surface area contributed by atoms with Gasteiger partial charge in [0.05, 0.1) is 12.5 Å². The summed E-state index contributed by atoms with van der Waals surface area (Å²) in [4.78, 5) is 34.5. The van der Waals surface area contributed by atoms with Gasteiger partial charge in [-0.3, -0.25) is 9.59 Å². The van der Waals surface area contributed by atoms with Gasteiger partial charge >= 0.3 is 5.97 Å². The molecule has 0 spiro atoms. The van der Waals surface area contributed by atoms with Crippen LogP contribution in [0.25, 0.3) is 0 Å². The summed E-state index contributed by atoms with van der Waals surface area (Å²) in [5.41, 5.74) is 0. The van der Waals surface area contributed by atoms with Gasteiger partial charge in [-0.25, -0.2) is 4.79 Å². The molecule has 1 aliphatic rings. The number of Topliss-reactive ketones (excluding diaryl/α,β-unsaturated/α-hetero) is 2. The van der Waals surface area contributed by atoms with E-state index in [0.717, 1.165) is 12.8 Å². The number of hydrogen-bond donors (Lipinski definition) is 0. The highest BCUT2D eigenvalue weighted by atomic mass is 16.5. The van der Waals surface area contributed by atoms with Gasteiger partial charge in [0.2, 0.25) is 5.78 Å². The minimum Gasteiger partial charge on any atom is -0.460 e. The molecule has 1 rings (SSSR count). The van der Waals surface area contributed by atoms with E-state index in [2.05, 4.69) is 4.74 Å². The van der Waals surface area contributed by atoms with Gasteiger partial charge in [-0.05, 0) is 25.7 Å². The maximum atomic E-state index is 11.7. The Bertz CT molecular complexity index is 295. The van der Waals surface area contributed by atoms with Crippen molar-refractivity contribution in [1.29, 1.82) is 0 Å². The van der Waals surface area contributed by atoms with Crippen molar-refractivity contribution in [3.63, 3.8) is 0 Å². The Hall–Kier alpha value is -1.19. The normalized spacial score (nSPS) is 25.2. The lowest BCUT2D eigenvalue weighted by Gasteiger charge is -2.25. The molecule has 0 amide bonds. The van der Waals surface area contributed by atoms with E-state index >= 15 is 0 Å². The first-order valence-corrected chi connectivity index (χ1v) is 5.83. The summed E-state index contributed by atoms with van der Waals surface area (Å²) < 4.78 is 4.63. The molecule has 4 heteroatoms. The smallest absolute Gasteiger partial charge is 0.375 e. The monoisotopic (exact) mass is 226 g/mol. The lowest BCUT2D eigenvalue weighted by molar-refractivity contribution is -0.157. The van der Waals surface area contributed by atoms with Crippen molar-refractivity contribution in [3.05, 3.63) is 0 Å². The number of carbonyl (C=O) groups is 3. The maximum Gasteiger partial charge on any atom is 0.375 e. The molecule has 0 unspecified atom stereocenters. The molecular weight excluding hydrogens is 208 g/mol. The van der Waals surface area contributed by atoms with Gasteiger partial charge in [-0.2, -0.15) is 0 Å². The number of hydrogen-bond acceptors (Lipinski definition) is 4. The van der Waals surface area contributed by atoms with Crippen LogP contribution in [-0.2, 0) is 19.1 Å². The fraction of sp³-hybridized carbons (Fsp3) is 0.750. The van der Waals surface area contributed by atoms with Gasteiger partial charge < -0.3 is 4.74 Å². The molecule has 0 bridgehead atoms. The molecule has 2 atom stereocenters. The van der Waals surface area contributed by atoms with Crippen molar-refractivity contribution < 1.29 is 19.1 Å². The summed E-state index contributed by atoms with van der Waals surface area (Å²) in [5, 5.41) is 0. The molecule has 0 aliphatic heterocycles. The number of ketones is 2. The molecule has 0 heterocycles. The van der Waals surface area contributed by atoms with Crippen LogP contribution in [0.2, 0.25) is 0 Å². The average molecular weight is 226 g/mol. The highest BCUT2D eigenvalue weighted by Crippen LogP contribution is 2.29. The Balaban J connectivity index is 2.65. The molecule has 0 saturated heterocycles. The second-order valence-electron chi connectivity index (χ2n) is 4.15. The van der Waals surface area contributed by atoms with Crippen LogP contribution in [0.5, 0.6) is 0 Å². The van der Waals surface area contributed by atoms with Crippen molar-refractivity contribution >= 4 is 17.5 Å². The molecule has 1 saturated carbocycles. The standard InChI is InChI=1S/C12H18O4/c1-3-8-5-6-10(13)9(7-8)11(14)12(15)16-4-2/h8-9H,3-7H2,1-2H3/t8-,9+/m1/s1. The van der Waals surface area contributed by atoms with Crippen molar-refractivity contribution in [1.82, 2.24) is 0 Å². The molecule has 1 fully saturated rings. The number of rotatable bonds is 4. The van der Waals surface area contributed by atoms with Crippen LogP contribution < -0.4 is 0 Å². The Kier molecular flexibility index (Phi) is 4.65. The molecular formula is C12H18O4. The van der Waals surface area contributed by atoms with Gasteiger partial charge in [-0.1, -0.05) is 13.3 Å². The highest BCUT2D eigenvalue weighted by Gasteiger charge is 2.36. The predicted octanol–water partition coefficient (Wildman–Crippen LogP) is 1.51. The van der Waals surface area contributed by atoms with Crippen molar-refractivity contribution in [2.45, 2.75) is 39.5 Å². The van der Waals surface area contributed by atoms with Crippen molar-refractivity contribution in [2.75, 3.05) is 6.61 Å². The fourth-order valence-electron chi connectivity index (χ4n) is 2.07. The Morgan fingerprint density at radius 2 is 2.06 bits per heavy atom. The van der Waals surface area contributed by atoms with Crippen LogP contribution >= 0.6 is 0 Å². The third-order valence-electron chi connectivity index (χ3n) is 3.13. The van der Waals surface area contributed by atoms with E-state index < -0.39 is 17.7 Å². The van der Waals surface area contributed by atoms with Crippen molar-refractivity contribution in [2.24, 2.45) is 11.8 Å². The lowest BCUT2D eigenvalue weighted by Crippen LogP contribution is -2.36. The maximum absolute atomic E-state index is 11.7. The fourth-order valence-corrected chi connectivity index (χ4v) is 2.07. The molecule has 0 aromatic rings. The summed E-state index contributed by atoms with van der Waals surface area (Å²) >= 11 is 0. The molecule has 0 N–H and O–H groups in total. The topological polar surface area (TPSA) is 60.4 Å². The first kappa shape index (κ1) is 12.9. The number of ether oxygens (including phenoxy) is 1. The van der Waals surface area contributed by atoms with E-state index in [9.17, 15) is 14.4 Å². The average Bonchev–Trinajstić information content (AvgIpc) is 2.29. The van der Waals surface area contributed by atoms with Gasteiger partial charge in [0.25, 0.3) is 0 Å². The summed E-state index contributed by atoms with van der Waals surface area (Å²) in [7, 11) is 0. The highest BCUT2D eigenvalue weighted by molar-refractivity contribution is 6.38. The van der Waals surface area contributed by atoms with Crippen LogP contribution in [0.3, 0.4) is 0 Å². The van der Waals surface area contributed by atoms with E-state index in [1.165, 1.54) is 0 Å². The summed E-state index contributed by atoms with van der Waals surface area (Å²) in [6.07, 6.45) is 2.70. The molecule has 0 aromatic carbocycles. The molecule has 1 aliphatic carbocycles.